The van der Waals surface area contributed by atoms with Crippen molar-refractivity contribution < 1.29 is 9.47 Å². The number of hydrogen-bond acceptors (Lipinski definition) is 5. The highest BCUT2D eigenvalue weighted by Gasteiger charge is 2.27. The highest BCUT2D eigenvalue weighted by Crippen LogP contribution is 2.43. The van der Waals surface area contributed by atoms with Crippen molar-refractivity contribution in [1.29, 1.82) is 0 Å². The van der Waals surface area contributed by atoms with Gasteiger partial charge in [0.15, 0.2) is 11.5 Å². The van der Waals surface area contributed by atoms with Crippen molar-refractivity contribution in [3.05, 3.63) is 42.2 Å². The zero-order chi connectivity index (χ0) is 14.2. The van der Waals surface area contributed by atoms with E-state index in [9.17, 15) is 0 Å². The highest BCUT2D eigenvalue weighted by molar-refractivity contribution is 5.77. The zero-order valence-electron chi connectivity index (χ0n) is 11.9. The average Bonchev–Trinajstić information content (AvgIpc) is 2.97. The minimum absolute atomic E-state index is 0.302. The van der Waals surface area contributed by atoms with Crippen LogP contribution in [0.25, 0.3) is 0 Å². The molecule has 1 aromatic carbocycles. The van der Waals surface area contributed by atoms with E-state index in [-0.39, 0.29) is 0 Å². The molecular formula is C16H17N3O2. The van der Waals surface area contributed by atoms with E-state index < -0.39 is 0 Å². The maximum Gasteiger partial charge on any atom is 0.231 e. The maximum atomic E-state index is 5.51. The highest BCUT2D eigenvalue weighted by atomic mass is 16.7. The maximum absolute atomic E-state index is 5.51. The summed E-state index contributed by atoms with van der Waals surface area (Å²) in [6, 6.07) is 8.58. The van der Waals surface area contributed by atoms with Crippen molar-refractivity contribution in [2.24, 2.45) is 0 Å². The molecule has 108 valence electrons. The normalized spacial score (nSPS) is 19.1. The standard InChI is InChI=1S/C16H17N3O2/c1-11-7-18-13-5-15-16(21-10-20-15)6-14(13)19(11)9-12-3-2-4-17-8-12/h2-6,8,11,18H,7,9-10H2,1H3. The topological polar surface area (TPSA) is 46.6 Å². The number of hydrogen-bond donors (Lipinski definition) is 1. The molecule has 0 bridgehead atoms. The number of benzene rings is 1. The van der Waals surface area contributed by atoms with Gasteiger partial charge >= 0.3 is 0 Å². The molecule has 21 heavy (non-hydrogen) atoms. The van der Waals surface area contributed by atoms with Gasteiger partial charge in [0, 0.05) is 43.7 Å². The molecule has 5 heteroatoms. The molecule has 0 saturated heterocycles. The van der Waals surface area contributed by atoms with Gasteiger partial charge in [0.25, 0.3) is 0 Å². The van der Waals surface area contributed by atoms with Gasteiger partial charge in [0.1, 0.15) is 0 Å². The minimum atomic E-state index is 0.302. The molecule has 0 aliphatic carbocycles. The third-order valence-corrected chi connectivity index (χ3v) is 4.00. The lowest BCUT2D eigenvalue weighted by atomic mass is 10.1. The number of anilines is 2. The predicted octanol–water partition coefficient (Wildman–Crippen LogP) is 2.63. The summed E-state index contributed by atoms with van der Waals surface area (Å²) in [7, 11) is 0. The molecule has 0 fully saturated rings. The number of rotatable bonds is 2. The second-order valence-electron chi connectivity index (χ2n) is 5.44. The summed E-state index contributed by atoms with van der Waals surface area (Å²) >= 11 is 0. The summed E-state index contributed by atoms with van der Waals surface area (Å²) in [5.74, 6) is 1.64. The molecule has 5 nitrogen and oxygen atoms in total. The Morgan fingerprint density at radius 2 is 2.19 bits per heavy atom. The Kier molecular flexibility index (Phi) is 2.84. The fourth-order valence-corrected chi connectivity index (χ4v) is 2.85. The second kappa shape index (κ2) is 4.84. The molecular weight excluding hydrogens is 266 g/mol. The molecule has 0 radical (unpaired) electrons. The molecule has 2 aromatic rings. The largest absolute Gasteiger partial charge is 0.454 e. The van der Waals surface area contributed by atoms with Crippen molar-refractivity contribution >= 4 is 11.4 Å². The van der Waals surface area contributed by atoms with E-state index in [0.29, 0.717) is 12.8 Å². The first-order valence-electron chi connectivity index (χ1n) is 7.14. The molecule has 2 aliphatic rings. The average molecular weight is 283 g/mol. The molecule has 0 amide bonds. The van der Waals surface area contributed by atoms with Gasteiger partial charge in [-0.15, -0.1) is 0 Å². The summed E-state index contributed by atoms with van der Waals surface area (Å²) < 4.78 is 11.0. The first-order chi connectivity index (χ1) is 10.3. The number of ether oxygens (including phenoxy) is 2. The Bertz CT molecular complexity index is 660. The molecule has 2 aliphatic heterocycles. The van der Waals surface area contributed by atoms with Gasteiger partial charge in [0.2, 0.25) is 6.79 Å². The number of fused-ring (bicyclic) bond motifs is 2. The SMILES string of the molecule is CC1CNc2cc3c(cc2N1Cc1cccnc1)OCO3. The first kappa shape index (κ1) is 12.3. The van der Waals surface area contributed by atoms with Crippen molar-refractivity contribution in [1.82, 2.24) is 4.98 Å². The van der Waals surface area contributed by atoms with Crippen LogP contribution in [0.3, 0.4) is 0 Å². The lowest BCUT2D eigenvalue weighted by Gasteiger charge is -2.37. The number of aromatic nitrogens is 1. The van der Waals surface area contributed by atoms with Crippen LogP contribution in [-0.2, 0) is 6.54 Å². The molecule has 1 N–H and O–H groups in total. The van der Waals surface area contributed by atoms with E-state index in [1.54, 1.807) is 6.20 Å². The summed E-state index contributed by atoms with van der Waals surface area (Å²) in [6.07, 6.45) is 3.72. The van der Waals surface area contributed by atoms with Crippen LogP contribution in [0.4, 0.5) is 11.4 Å². The fraction of sp³-hybridized carbons (Fsp3) is 0.312. The third-order valence-electron chi connectivity index (χ3n) is 4.00. The zero-order valence-corrected chi connectivity index (χ0v) is 11.9. The Hall–Kier alpha value is -2.43. The van der Waals surface area contributed by atoms with Crippen LogP contribution >= 0.6 is 0 Å². The molecule has 4 rings (SSSR count). The third kappa shape index (κ3) is 2.14. The van der Waals surface area contributed by atoms with Crippen molar-refractivity contribution in [2.45, 2.75) is 19.5 Å². The van der Waals surface area contributed by atoms with Gasteiger partial charge in [-0.25, -0.2) is 0 Å². The van der Waals surface area contributed by atoms with Crippen LogP contribution in [0.2, 0.25) is 0 Å². The summed E-state index contributed by atoms with van der Waals surface area (Å²) in [5, 5.41) is 3.47. The molecule has 1 aromatic heterocycles. The van der Waals surface area contributed by atoms with E-state index in [4.69, 9.17) is 9.47 Å². The smallest absolute Gasteiger partial charge is 0.231 e. The number of nitrogens with zero attached hydrogens (tertiary/aromatic N) is 2. The Morgan fingerprint density at radius 1 is 1.33 bits per heavy atom. The Balaban J connectivity index is 1.71. The predicted molar refractivity (Wildman–Crippen MR) is 80.9 cm³/mol. The van der Waals surface area contributed by atoms with Crippen molar-refractivity contribution in [2.75, 3.05) is 23.6 Å². The Morgan fingerprint density at radius 3 is 3.00 bits per heavy atom. The van der Waals surface area contributed by atoms with Crippen molar-refractivity contribution in [3.63, 3.8) is 0 Å². The lowest BCUT2D eigenvalue weighted by Crippen LogP contribution is -2.41. The second-order valence-corrected chi connectivity index (χ2v) is 5.44. The lowest BCUT2D eigenvalue weighted by molar-refractivity contribution is 0.174. The van der Waals surface area contributed by atoms with Gasteiger partial charge in [-0.3, -0.25) is 4.98 Å². The van der Waals surface area contributed by atoms with Crippen LogP contribution in [0.5, 0.6) is 11.5 Å². The van der Waals surface area contributed by atoms with E-state index >= 15 is 0 Å². The van der Waals surface area contributed by atoms with Crippen LogP contribution < -0.4 is 19.7 Å². The number of pyridine rings is 1. The molecule has 1 unspecified atom stereocenters. The molecule has 0 spiro atoms. The van der Waals surface area contributed by atoms with Crippen LogP contribution in [0.15, 0.2) is 36.7 Å². The monoisotopic (exact) mass is 283 g/mol. The van der Waals surface area contributed by atoms with Crippen LogP contribution in [-0.4, -0.2) is 24.4 Å². The quantitative estimate of drug-likeness (QED) is 0.918. The van der Waals surface area contributed by atoms with Gasteiger partial charge in [-0.05, 0) is 18.6 Å². The summed E-state index contributed by atoms with van der Waals surface area (Å²) in [4.78, 5) is 6.58. The Labute approximate surface area is 123 Å². The van der Waals surface area contributed by atoms with Crippen LogP contribution in [0, 0.1) is 0 Å². The van der Waals surface area contributed by atoms with E-state index in [1.165, 1.54) is 5.56 Å². The van der Waals surface area contributed by atoms with E-state index in [2.05, 4.69) is 34.3 Å². The van der Waals surface area contributed by atoms with Gasteiger partial charge in [-0.1, -0.05) is 6.07 Å². The summed E-state index contributed by atoms with van der Waals surface area (Å²) in [6.45, 7) is 4.27. The molecule has 3 heterocycles. The van der Waals surface area contributed by atoms with Gasteiger partial charge in [-0.2, -0.15) is 0 Å². The van der Waals surface area contributed by atoms with Gasteiger partial charge in [0.05, 0.1) is 11.4 Å². The first-order valence-corrected chi connectivity index (χ1v) is 7.14. The molecule has 1 atom stereocenters. The van der Waals surface area contributed by atoms with Gasteiger partial charge < -0.3 is 19.7 Å². The molecule has 0 saturated carbocycles. The van der Waals surface area contributed by atoms with E-state index in [1.807, 2.05) is 18.3 Å². The minimum Gasteiger partial charge on any atom is -0.454 e. The van der Waals surface area contributed by atoms with Crippen molar-refractivity contribution in [3.8, 4) is 11.5 Å². The summed E-state index contributed by atoms with van der Waals surface area (Å²) in [5.41, 5.74) is 3.46. The number of nitrogens with one attached hydrogen (secondary N) is 1. The fourth-order valence-electron chi connectivity index (χ4n) is 2.85. The van der Waals surface area contributed by atoms with Crippen LogP contribution in [0.1, 0.15) is 12.5 Å². The van der Waals surface area contributed by atoms with E-state index in [0.717, 1.165) is 36.0 Å².